The quantitative estimate of drug-likeness (QED) is 0.0211. The van der Waals surface area contributed by atoms with Gasteiger partial charge in [0.2, 0.25) is 0 Å². The standard InChI is InChI=1S/C76H121NO8/c1-6-8-10-12-14-16-18-20-22-24-26-28-30-32-34-36-37-39-40-42-44-46-48-50-52-54-56-58-60-62-64-66-73(78)83-70-72(71-84-76(75(80)81)82-69-68-77(3,4)5)85-74(79)67-65-63-61-59-57-55-53-51-49-47-45-43-41-38-35-33-31-29-27-25-23-21-19-17-15-13-11-9-7-2/h8-11,14-17,20-23,26-29,32-35,37,39,41,43,47,49,53,55,72,76H,6-7,12-13,18-19,24-25,30-31,36,38,40,42,44-46,48,50-52,54,56-71H2,1-5H3/p+1/b10-8-,11-9-,16-14-,17-15-,22-20-,23-21-,28-26-,29-27-,34-32-,35-33-,39-37-,43-41-,49-47-,55-53-. The highest BCUT2D eigenvalue weighted by molar-refractivity contribution is 5.71. The van der Waals surface area contributed by atoms with Crippen molar-refractivity contribution in [2.24, 2.45) is 0 Å². The van der Waals surface area contributed by atoms with Gasteiger partial charge in [-0.2, -0.15) is 0 Å². The van der Waals surface area contributed by atoms with E-state index in [0.717, 1.165) is 135 Å². The molecule has 0 saturated carbocycles. The second-order valence-electron chi connectivity index (χ2n) is 22.7. The summed E-state index contributed by atoms with van der Waals surface area (Å²) >= 11 is 0. The maximum Gasteiger partial charge on any atom is 0.361 e. The van der Waals surface area contributed by atoms with E-state index in [4.69, 9.17) is 18.9 Å². The lowest BCUT2D eigenvalue weighted by atomic mass is 10.0. The molecule has 0 aromatic carbocycles. The van der Waals surface area contributed by atoms with Crippen LogP contribution in [0.15, 0.2) is 170 Å². The highest BCUT2D eigenvalue weighted by atomic mass is 16.7. The number of carbonyl (C=O) groups excluding carboxylic acids is 2. The lowest BCUT2D eigenvalue weighted by Gasteiger charge is -2.25. The van der Waals surface area contributed by atoms with E-state index >= 15 is 0 Å². The molecule has 0 aliphatic rings. The summed E-state index contributed by atoms with van der Waals surface area (Å²) in [6, 6.07) is 0. The zero-order valence-corrected chi connectivity index (χ0v) is 54.4. The molecule has 0 rings (SSSR count). The van der Waals surface area contributed by atoms with Crippen LogP contribution in [0, 0.1) is 0 Å². The fourth-order valence-corrected chi connectivity index (χ4v) is 8.44. The Hall–Kier alpha value is -5.35. The average molecular weight is 1180 g/mol. The number of hydrogen-bond donors (Lipinski definition) is 1. The van der Waals surface area contributed by atoms with Gasteiger partial charge in [0.05, 0.1) is 34.4 Å². The number of unbranched alkanes of at least 4 members (excludes halogenated alkanes) is 16. The number of ether oxygens (including phenoxy) is 4. The van der Waals surface area contributed by atoms with Gasteiger partial charge in [-0.05, 0) is 128 Å². The van der Waals surface area contributed by atoms with Crippen LogP contribution < -0.4 is 0 Å². The van der Waals surface area contributed by atoms with E-state index in [-0.39, 0.29) is 38.6 Å². The number of aliphatic carboxylic acids is 1. The van der Waals surface area contributed by atoms with Crippen molar-refractivity contribution in [3.05, 3.63) is 170 Å². The molecule has 0 aromatic rings. The Morgan fingerprint density at radius 3 is 0.941 bits per heavy atom. The topological polar surface area (TPSA) is 108 Å². The van der Waals surface area contributed by atoms with Gasteiger partial charge >= 0.3 is 17.9 Å². The molecule has 0 saturated heterocycles. The van der Waals surface area contributed by atoms with Gasteiger partial charge in [0.25, 0.3) is 6.29 Å². The molecule has 1 N–H and O–H groups in total. The molecule has 0 aromatic heterocycles. The van der Waals surface area contributed by atoms with Crippen LogP contribution in [0.1, 0.15) is 232 Å². The summed E-state index contributed by atoms with van der Waals surface area (Å²) < 4.78 is 22.9. The first-order valence-electron chi connectivity index (χ1n) is 33.3. The van der Waals surface area contributed by atoms with E-state index in [1.807, 2.05) is 21.1 Å². The van der Waals surface area contributed by atoms with Crippen LogP contribution in [0.5, 0.6) is 0 Å². The Labute approximate surface area is 520 Å². The molecule has 9 heteroatoms. The van der Waals surface area contributed by atoms with Crippen molar-refractivity contribution in [3.63, 3.8) is 0 Å². The highest BCUT2D eigenvalue weighted by Crippen LogP contribution is 2.15. The molecule has 2 atom stereocenters. The van der Waals surface area contributed by atoms with Crippen molar-refractivity contribution in [2.45, 2.75) is 245 Å². The number of nitrogens with zero attached hydrogens (tertiary/aromatic N) is 1. The number of carboxylic acid groups (broad SMARTS) is 1. The van der Waals surface area contributed by atoms with Crippen molar-refractivity contribution in [3.8, 4) is 0 Å². The van der Waals surface area contributed by atoms with Crippen molar-refractivity contribution >= 4 is 17.9 Å². The lowest BCUT2D eigenvalue weighted by Crippen LogP contribution is -2.40. The molecule has 2 unspecified atom stereocenters. The second-order valence-corrected chi connectivity index (χ2v) is 22.7. The molecule has 0 spiro atoms. The molecule has 0 radical (unpaired) electrons. The lowest BCUT2D eigenvalue weighted by molar-refractivity contribution is -0.870. The van der Waals surface area contributed by atoms with E-state index in [1.165, 1.54) is 64.2 Å². The number of carboxylic acids is 1. The monoisotopic (exact) mass is 1180 g/mol. The van der Waals surface area contributed by atoms with Gasteiger partial charge in [-0.3, -0.25) is 9.59 Å². The van der Waals surface area contributed by atoms with Crippen molar-refractivity contribution < 1.29 is 42.9 Å². The Morgan fingerprint density at radius 2 is 0.635 bits per heavy atom. The SMILES string of the molecule is CC/C=C\C/C=C\C/C=C\C/C=C\C/C=C\C/C=C\C/C=C\C/C=C\CCCCCCC(=O)OC(COC(=O)CCCCCCCCCCCCCC/C=C\C/C=C\C/C=C\C/C=C\C/C=C\C/C=C\CC)COC(OCC[N+](C)(C)C)C(=O)O. The molecule has 0 heterocycles. The van der Waals surface area contributed by atoms with Gasteiger partial charge in [-0.1, -0.05) is 261 Å². The van der Waals surface area contributed by atoms with Crippen molar-refractivity contribution in [1.82, 2.24) is 0 Å². The van der Waals surface area contributed by atoms with Crippen LogP contribution in [-0.2, 0) is 33.3 Å². The summed E-state index contributed by atoms with van der Waals surface area (Å²) in [6.07, 6.45) is 94.4. The molecule has 0 aliphatic carbocycles. The minimum Gasteiger partial charge on any atom is -0.477 e. The summed E-state index contributed by atoms with van der Waals surface area (Å²) in [5.41, 5.74) is 0. The van der Waals surface area contributed by atoms with Crippen molar-refractivity contribution in [2.75, 3.05) is 47.5 Å². The Morgan fingerprint density at radius 1 is 0.353 bits per heavy atom. The zero-order valence-electron chi connectivity index (χ0n) is 54.4. The first-order valence-corrected chi connectivity index (χ1v) is 33.3. The summed E-state index contributed by atoms with van der Waals surface area (Å²) in [7, 11) is 5.95. The van der Waals surface area contributed by atoms with Crippen molar-refractivity contribution in [1.29, 1.82) is 0 Å². The fourth-order valence-electron chi connectivity index (χ4n) is 8.44. The summed E-state index contributed by atoms with van der Waals surface area (Å²) in [5.74, 6) is -2.06. The normalized spacial score (nSPS) is 13.8. The Balaban J connectivity index is 4.27. The van der Waals surface area contributed by atoms with E-state index in [2.05, 4.69) is 184 Å². The third-order valence-electron chi connectivity index (χ3n) is 13.5. The molecular weight excluding hydrogens is 1050 g/mol. The third-order valence-corrected chi connectivity index (χ3v) is 13.5. The fraction of sp³-hybridized carbons (Fsp3) is 0.592. The molecule has 0 aliphatic heterocycles. The molecule has 9 nitrogen and oxygen atoms in total. The largest absolute Gasteiger partial charge is 0.477 e. The maximum atomic E-state index is 12.9. The first kappa shape index (κ1) is 79.7. The van der Waals surface area contributed by atoms with Gasteiger partial charge in [-0.25, -0.2) is 4.79 Å². The number of esters is 2. The Bertz CT molecular complexity index is 2000. The van der Waals surface area contributed by atoms with E-state index in [1.54, 1.807) is 0 Å². The highest BCUT2D eigenvalue weighted by Gasteiger charge is 2.25. The summed E-state index contributed by atoms with van der Waals surface area (Å²) in [5, 5.41) is 9.74. The molecule has 0 amide bonds. The Kier molecular flexibility index (Phi) is 60.6. The summed E-state index contributed by atoms with van der Waals surface area (Å²) in [6.45, 7) is 4.60. The maximum absolute atomic E-state index is 12.9. The van der Waals surface area contributed by atoms with E-state index in [0.29, 0.717) is 17.4 Å². The minimum atomic E-state index is -1.53. The average Bonchev–Trinajstić information content (AvgIpc) is 3.48. The van der Waals surface area contributed by atoms with Gasteiger partial charge in [0, 0.05) is 12.8 Å². The number of likely N-dealkylation sites (N-methyl/N-ethyl adjacent to an activating group) is 1. The van der Waals surface area contributed by atoms with Crippen LogP contribution >= 0.6 is 0 Å². The number of carbonyl (C=O) groups is 3. The zero-order chi connectivity index (χ0) is 61.9. The summed E-state index contributed by atoms with van der Waals surface area (Å²) in [4.78, 5) is 37.6. The van der Waals surface area contributed by atoms with Gasteiger partial charge in [0.15, 0.2) is 6.10 Å². The van der Waals surface area contributed by atoms with Crippen LogP contribution in [0.25, 0.3) is 0 Å². The molecule has 0 bridgehead atoms. The first-order chi connectivity index (χ1) is 41.6. The van der Waals surface area contributed by atoms with Crippen LogP contribution in [0.4, 0.5) is 0 Å². The molecular formula is C76H122NO8+. The van der Waals surface area contributed by atoms with E-state index in [9.17, 15) is 19.5 Å². The van der Waals surface area contributed by atoms with E-state index < -0.39 is 24.3 Å². The van der Waals surface area contributed by atoms with Crippen LogP contribution in [0.3, 0.4) is 0 Å². The number of allylic oxidation sites excluding steroid dienone is 28. The third kappa shape index (κ3) is 66.0. The molecule has 85 heavy (non-hydrogen) atoms. The number of hydrogen-bond acceptors (Lipinski definition) is 7. The predicted octanol–water partition coefficient (Wildman–Crippen LogP) is 20.7. The number of quaternary nitrogens is 1. The number of rotatable bonds is 59. The minimum absolute atomic E-state index is 0.172. The molecule has 478 valence electrons. The second kappa shape index (κ2) is 64.6. The van der Waals surface area contributed by atoms with Crippen LogP contribution in [-0.4, -0.2) is 87.4 Å². The van der Waals surface area contributed by atoms with Gasteiger partial charge in [0.1, 0.15) is 13.2 Å². The smallest absolute Gasteiger partial charge is 0.361 e. The van der Waals surface area contributed by atoms with Gasteiger partial charge < -0.3 is 28.5 Å². The predicted molar refractivity (Wildman–Crippen MR) is 363 cm³/mol. The van der Waals surface area contributed by atoms with Gasteiger partial charge in [-0.15, -0.1) is 0 Å². The van der Waals surface area contributed by atoms with Crippen LogP contribution in [0.2, 0.25) is 0 Å². The molecule has 0 fully saturated rings.